The van der Waals surface area contributed by atoms with E-state index in [4.69, 9.17) is 27.1 Å². The Hall–Kier alpha value is -3.37. The third kappa shape index (κ3) is 4.38. The minimum Gasteiger partial charge on any atom is -0.461 e. The number of aromatic nitrogens is 2. The van der Waals surface area contributed by atoms with Crippen molar-refractivity contribution in [1.29, 1.82) is 5.26 Å². The van der Waals surface area contributed by atoms with Crippen molar-refractivity contribution in [3.63, 3.8) is 0 Å². The molecule has 2 aromatic heterocycles. The van der Waals surface area contributed by atoms with Gasteiger partial charge in [0.2, 0.25) is 0 Å². The van der Waals surface area contributed by atoms with Crippen LogP contribution in [-0.4, -0.2) is 70.9 Å². The first kappa shape index (κ1) is 29.1. The van der Waals surface area contributed by atoms with E-state index in [1.807, 2.05) is 6.07 Å². The van der Waals surface area contributed by atoms with Gasteiger partial charge in [-0.15, -0.1) is 11.3 Å². The van der Waals surface area contributed by atoms with Gasteiger partial charge < -0.3 is 20.7 Å². The van der Waals surface area contributed by atoms with Gasteiger partial charge in [0, 0.05) is 47.4 Å². The minimum absolute atomic E-state index is 0.00105. The molecule has 3 N–H and O–H groups in total. The lowest BCUT2D eigenvalue weighted by Crippen LogP contribution is -2.58. The van der Waals surface area contributed by atoms with E-state index in [1.165, 1.54) is 12.1 Å². The number of nitrogens with zero attached hydrogens (tertiary/aromatic N) is 5. The zero-order valence-electron chi connectivity index (χ0n) is 24.6. The van der Waals surface area contributed by atoms with Crippen LogP contribution >= 0.6 is 22.9 Å². The summed E-state index contributed by atoms with van der Waals surface area (Å²) < 4.78 is 52.7. The summed E-state index contributed by atoms with van der Waals surface area (Å²) in [6.07, 6.45) is 3.17. The van der Waals surface area contributed by atoms with Crippen LogP contribution in [0.5, 0.6) is 6.01 Å². The molecular weight excluding hydrogens is 623 g/mol. The Labute approximate surface area is 266 Å². The Morgan fingerprint density at radius 2 is 2.09 bits per heavy atom. The van der Waals surface area contributed by atoms with Gasteiger partial charge in [-0.3, -0.25) is 4.90 Å². The highest BCUT2D eigenvalue weighted by molar-refractivity contribution is 7.23. The number of alkyl halides is 1. The summed E-state index contributed by atoms with van der Waals surface area (Å²) in [7, 11) is 0. The molecule has 8 nitrogen and oxygen atoms in total. The van der Waals surface area contributed by atoms with Crippen molar-refractivity contribution in [3.8, 4) is 23.2 Å². The second-order valence-electron chi connectivity index (χ2n) is 13.0. The van der Waals surface area contributed by atoms with Crippen molar-refractivity contribution in [3.05, 3.63) is 40.4 Å². The molecule has 234 valence electrons. The molecule has 2 aromatic carbocycles. The molecule has 4 atom stereocenters. The lowest BCUT2D eigenvalue weighted by molar-refractivity contribution is 0.107. The molecule has 8 rings (SSSR count). The molecule has 4 saturated heterocycles. The molecule has 4 fully saturated rings. The fraction of sp³-hybridized carbons (Fsp3) is 0.469. The predicted molar refractivity (Wildman–Crippen MR) is 170 cm³/mol. The number of anilines is 2. The molecule has 4 aromatic rings. The normalized spacial score (nSPS) is 27.9. The summed E-state index contributed by atoms with van der Waals surface area (Å²) in [6.45, 7) is 5.13. The Bertz CT molecular complexity index is 1930. The first-order chi connectivity index (χ1) is 21.6. The van der Waals surface area contributed by atoms with Crippen LogP contribution in [0.4, 0.5) is 24.0 Å². The third-order valence-electron chi connectivity index (χ3n) is 10.3. The van der Waals surface area contributed by atoms with Crippen molar-refractivity contribution in [2.75, 3.05) is 43.4 Å². The second kappa shape index (κ2) is 10.3. The minimum atomic E-state index is -0.919. The first-order valence-corrected chi connectivity index (χ1v) is 16.5. The third-order valence-corrected chi connectivity index (χ3v) is 11.7. The number of halogens is 4. The van der Waals surface area contributed by atoms with Crippen LogP contribution in [0.3, 0.4) is 0 Å². The maximum Gasteiger partial charge on any atom is 0.319 e. The van der Waals surface area contributed by atoms with Crippen LogP contribution in [0, 0.1) is 23.0 Å². The van der Waals surface area contributed by atoms with E-state index in [0.717, 1.165) is 50.1 Å². The van der Waals surface area contributed by atoms with E-state index in [2.05, 4.69) is 27.0 Å². The summed E-state index contributed by atoms with van der Waals surface area (Å²) in [6, 6.07) is 6.41. The number of nitrogens with one attached hydrogen (secondary N) is 1. The van der Waals surface area contributed by atoms with E-state index in [1.54, 1.807) is 6.07 Å². The molecule has 0 bridgehead atoms. The molecule has 4 aliphatic rings. The molecule has 0 aliphatic carbocycles. The van der Waals surface area contributed by atoms with Gasteiger partial charge in [-0.1, -0.05) is 17.7 Å². The number of rotatable bonds is 5. The van der Waals surface area contributed by atoms with E-state index in [9.17, 15) is 14.0 Å². The summed E-state index contributed by atoms with van der Waals surface area (Å²) >= 11 is 7.79. The molecular formula is C32H31ClF3N7OS. The van der Waals surface area contributed by atoms with Gasteiger partial charge in [0.15, 0.2) is 5.82 Å². The van der Waals surface area contributed by atoms with Crippen molar-refractivity contribution < 1.29 is 17.9 Å². The zero-order chi connectivity index (χ0) is 31.2. The van der Waals surface area contributed by atoms with E-state index < -0.39 is 23.3 Å². The van der Waals surface area contributed by atoms with Crippen LogP contribution in [-0.2, 0) is 0 Å². The smallest absolute Gasteiger partial charge is 0.319 e. The highest BCUT2D eigenvalue weighted by atomic mass is 35.5. The number of ether oxygens (including phenoxy) is 1. The number of thiophene rings is 1. The molecule has 13 heteroatoms. The standard InChI is InChI=1S/C32H31ClF3N7OS/c1-16-10-31(6-7-39-31)14-43(16)29-19-9-21(33)24(18-3-4-22(35)27-23(18)20(12-37)28(38)45-27)25(36)26(19)40-30(41-29)44-15-32-5-2-8-42(32)13-17(34)11-32/h3-4,9,16-17,39H,2,5-8,10-11,13-15,38H2,1H3/t16-,17-,31+,32+/m1/s1. The molecule has 6 heterocycles. The number of nitrogens with two attached hydrogens (primary N) is 1. The fourth-order valence-corrected chi connectivity index (χ4v) is 9.38. The lowest BCUT2D eigenvalue weighted by Gasteiger charge is -2.39. The Kier molecular flexibility index (Phi) is 6.66. The number of hydrogen-bond acceptors (Lipinski definition) is 9. The fourth-order valence-electron chi connectivity index (χ4n) is 8.14. The summed E-state index contributed by atoms with van der Waals surface area (Å²) in [5, 5.41) is 14.3. The second-order valence-corrected chi connectivity index (χ2v) is 14.5. The maximum atomic E-state index is 16.9. The van der Waals surface area contributed by atoms with Gasteiger partial charge >= 0.3 is 6.01 Å². The van der Waals surface area contributed by atoms with Crippen molar-refractivity contribution in [2.24, 2.45) is 0 Å². The Balaban J connectivity index is 1.30. The number of nitrogen functional groups attached to an aromatic ring is 1. The highest BCUT2D eigenvalue weighted by Crippen LogP contribution is 2.47. The average molecular weight is 654 g/mol. The summed E-state index contributed by atoms with van der Waals surface area (Å²) in [4.78, 5) is 13.7. The van der Waals surface area contributed by atoms with Gasteiger partial charge in [-0.05, 0) is 63.4 Å². The van der Waals surface area contributed by atoms with Crippen molar-refractivity contribution >= 4 is 54.7 Å². The number of benzene rings is 2. The van der Waals surface area contributed by atoms with Crippen LogP contribution in [0.15, 0.2) is 18.2 Å². The molecule has 0 amide bonds. The van der Waals surface area contributed by atoms with Gasteiger partial charge in [0.1, 0.15) is 41.0 Å². The molecule has 4 aliphatic heterocycles. The predicted octanol–water partition coefficient (Wildman–Crippen LogP) is 6.18. The highest BCUT2D eigenvalue weighted by Gasteiger charge is 2.50. The van der Waals surface area contributed by atoms with Crippen LogP contribution in [0.25, 0.3) is 32.1 Å². The van der Waals surface area contributed by atoms with E-state index in [-0.39, 0.29) is 66.5 Å². The SMILES string of the molecule is C[C@@H]1C[C@@]2(CCN2)CN1c1nc(OC[C@@]23CCCN2C[C@H](F)C3)nc2c(F)c(-c3ccc(F)c4sc(N)c(C#N)c34)c(Cl)cc12. The van der Waals surface area contributed by atoms with Gasteiger partial charge in [0.25, 0.3) is 0 Å². The number of hydrogen-bond donors (Lipinski definition) is 2. The largest absolute Gasteiger partial charge is 0.461 e. The molecule has 0 saturated carbocycles. The summed E-state index contributed by atoms with van der Waals surface area (Å²) in [5.41, 5.74) is 5.90. The van der Waals surface area contributed by atoms with Crippen molar-refractivity contribution in [1.82, 2.24) is 20.2 Å². The maximum absolute atomic E-state index is 16.9. The van der Waals surface area contributed by atoms with E-state index >= 15 is 4.39 Å². The first-order valence-electron chi connectivity index (χ1n) is 15.3. The monoisotopic (exact) mass is 653 g/mol. The Morgan fingerprint density at radius 1 is 1.27 bits per heavy atom. The topological polar surface area (TPSA) is 103 Å². The van der Waals surface area contributed by atoms with Crippen LogP contribution < -0.4 is 20.7 Å². The molecule has 0 radical (unpaired) electrons. The van der Waals surface area contributed by atoms with Crippen LogP contribution in [0.2, 0.25) is 5.02 Å². The molecule has 1 spiro atoms. The Morgan fingerprint density at radius 3 is 2.82 bits per heavy atom. The molecule has 45 heavy (non-hydrogen) atoms. The van der Waals surface area contributed by atoms with Gasteiger partial charge in [-0.2, -0.15) is 15.2 Å². The van der Waals surface area contributed by atoms with Crippen LogP contribution in [0.1, 0.15) is 44.6 Å². The molecule has 0 unspecified atom stereocenters. The number of nitriles is 1. The van der Waals surface area contributed by atoms with Crippen molar-refractivity contribution in [2.45, 2.75) is 62.3 Å². The van der Waals surface area contributed by atoms with Gasteiger partial charge in [-0.25, -0.2) is 13.2 Å². The quantitative estimate of drug-likeness (QED) is 0.263. The average Bonchev–Trinajstić information content (AvgIpc) is 3.72. The van der Waals surface area contributed by atoms with Gasteiger partial charge in [0.05, 0.1) is 20.8 Å². The summed E-state index contributed by atoms with van der Waals surface area (Å²) in [5.74, 6) is -0.784. The lowest BCUT2D eigenvalue weighted by atomic mass is 9.86. The van der Waals surface area contributed by atoms with E-state index in [0.29, 0.717) is 30.7 Å². The number of fused-ring (bicyclic) bond motifs is 3. The zero-order valence-corrected chi connectivity index (χ0v) is 26.2.